The van der Waals surface area contributed by atoms with Crippen molar-refractivity contribution >= 4 is 28.5 Å². The van der Waals surface area contributed by atoms with Crippen LogP contribution in [0.1, 0.15) is 5.69 Å². The Bertz CT molecular complexity index is 1240. The van der Waals surface area contributed by atoms with Crippen molar-refractivity contribution in [3.05, 3.63) is 62.0 Å². The van der Waals surface area contributed by atoms with Gasteiger partial charge >= 0.3 is 5.69 Å². The third-order valence-corrected chi connectivity index (χ3v) is 4.55. The molecular formula is C16H14ClN5O2. The van der Waals surface area contributed by atoms with E-state index in [9.17, 15) is 9.59 Å². The van der Waals surface area contributed by atoms with Crippen LogP contribution < -0.4 is 11.2 Å². The van der Waals surface area contributed by atoms with E-state index in [0.29, 0.717) is 22.0 Å². The fourth-order valence-electron chi connectivity index (χ4n) is 3.02. The molecule has 24 heavy (non-hydrogen) atoms. The van der Waals surface area contributed by atoms with E-state index in [1.165, 1.54) is 11.6 Å². The van der Waals surface area contributed by atoms with Crippen molar-refractivity contribution in [3.8, 4) is 5.69 Å². The predicted octanol–water partition coefficient (Wildman–Crippen LogP) is 1.64. The predicted molar refractivity (Wildman–Crippen MR) is 92.3 cm³/mol. The van der Waals surface area contributed by atoms with Gasteiger partial charge < -0.3 is 0 Å². The molecule has 0 amide bonds. The van der Waals surface area contributed by atoms with Gasteiger partial charge in [0.25, 0.3) is 5.56 Å². The number of benzene rings is 1. The lowest BCUT2D eigenvalue weighted by Gasteiger charge is -2.07. The Balaban J connectivity index is 2.24. The van der Waals surface area contributed by atoms with E-state index < -0.39 is 5.69 Å². The number of imidazole rings is 2. The third kappa shape index (κ3) is 1.75. The molecule has 0 unspecified atom stereocenters. The van der Waals surface area contributed by atoms with E-state index in [1.54, 1.807) is 17.5 Å². The summed E-state index contributed by atoms with van der Waals surface area (Å²) in [6, 6.07) is 7.41. The number of fused-ring (bicyclic) bond motifs is 3. The largest absolute Gasteiger partial charge is 0.332 e. The maximum atomic E-state index is 12.6. The lowest BCUT2D eigenvalue weighted by Crippen LogP contribution is -2.37. The Morgan fingerprint density at radius 1 is 1.08 bits per heavy atom. The second-order valence-electron chi connectivity index (χ2n) is 5.72. The van der Waals surface area contributed by atoms with E-state index in [2.05, 4.69) is 4.98 Å². The van der Waals surface area contributed by atoms with Gasteiger partial charge in [-0.15, -0.1) is 0 Å². The Kier molecular flexibility index (Phi) is 2.98. The topological polar surface area (TPSA) is 66.2 Å². The first-order valence-electron chi connectivity index (χ1n) is 7.33. The standard InChI is InChI=1S/C16H14ClN5O2/c1-9-8-21-12-13(19(2)16(24)20(3)14(12)23)18-15(21)22(9)11-7-5-4-6-10(11)17/h4-8H,1-3H3. The summed E-state index contributed by atoms with van der Waals surface area (Å²) < 4.78 is 6.02. The lowest BCUT2D eigenvalue weighted by atomic mass is 10.3. The Labute approximate surface area is 141 Å². The SMILES string of the molecule is Cc1cn2c3c(=O)n(C)c(=O)n(C)c3nc2n1-c1ccccc1Cl. The number of aryl methyl sites for hydroxylation is 2. The average Bonchev–Trinajstić information content (AvgIpc) is 3.06. The van der Waals surface area contributed by atoms with Crippen LogP contribution >= 0.6 is 11.6 Å². The summed E-state index contributed by atoms with van der Waals surface area (Å²) in [6.07, 6.45) is 1.82. The number of hydrogen-bond acceptors (Lipinski definition) is 3. The minimum atomic E-state index is -0.408. The summed E-state index contributed by atoms with van der Waals surface area (Å²) >= 11 is 6.32. The van der Waals surface area contributed by atoms with Crippen LogP contribution in [0, 0.1) is 6.92 Å². The normalized spacial score (nSPS) is 11.7. The van der Waals surface area contributed by atoms with Gasteiger partial charge in [-0.2, -0.15) is 4.98 Å². The van der Waals surface area contributed by atoms with Gasteiger partial charge in [-0.1, -0.05) is 23.7 Å². The van der Waals surface area contributed by atoms with Crippen LogP contribution in [0.25, 0.3) is 22.6 Å². The van der Waals surface area contributed by atoms with Crippen molar-refractivity contribution in [2.75, 3.05) is 0 Å². The first-order valence-corrected chi connectivity index (χ1v) is 7.70. The zero-order chi connectivity index (χ0) is 17.2. The average molecular weight is 344 g/mol. The van der Waals surface area contributed by atoms with Crippen molar-refractivity contribution in [1.82, 2.24) is 23.1 Å². The van der Waals surface area contributed by atoms with Gasteiger partial charge in [-0.3, -0.25) is 22.9 Å². The van der Waals surface area contributed by atoms with Crippen molar-refractivity contribution < 1.29 is 0 Å². The molecule has 0 N–H and O–H groups in total. The molecule has 0 saturated carbocycles. The molecule has 0 aliphatic carbocycles. The molecular weight excluding hydrogens is 330 g/mol. The Morgan fingerprint density at radius 2 is 1.79 bits per heavy atom. The van der Waals surface area contributed by atoms with Crippen LogP contribution in [0.5, 0.6) is 0 Å². The highest BCUT2D eigenvalue weighted by atomic mass is 35.5. The highest BCUT2D eigenvalue weighted by molar-refractivity contribution is 6.32. The van der Waals surface area contributed by atoms with Gasteiger partial charge in [0.05, 0.1) is 10.7 Å². The molecule has 122 valence electrons. The number of rotatable bonds is 1. The molecule has 0 saturated heterocycles. The highest BCUT2D eigenvalue weighted by Crippen LogP contribution is 2.25. The minimum absolute atomic E-state index is 0.346. The number of hydrogen-bond donors (Lipinski definition) is 0. The molecule has 1 aromatic carbocycles. The van der Waals surface area contributed by atoms with Gasteiger partial charge in [-0.05, 0) is 19.1 Å². The van der Waals surface area contributed by atoms with Crippen LogP contribution in [-0.2, 0) is 14.1 Å². The van der Waals surface area contributed by atoms with Crippen molar-refractivity contribution in [2.45, 2.75) is 6.92 Å². The molecule has 3 heterocycles. The fraction of sp³-hybridized carbons (Fsp3) is 0.188. The van der Waals surface area contributed by atoms with E-state index in [0.717, 1.165) is 15.9 Å². The molecule has 0 atom stereocenters. The quantitative estimate of drug-likeness (QED) is 0.527. The smallest absolute Gasteiger partial charge is 0.281 e. The molecule has 3 aromatic heterocycles. The maximum absolute atomic E-state index is 12.6. The van der Waals surface area contributed by atoms with Crippen molar-refractivity contribution in [3.63, 3.8) is 0 Å². The molecule has 7 nitrogen and oxygen atoms in total. The minimum Gasteiger partial charge on any atom is -0.281 e. The zero-order valence-corrected chi connectivity index (χ0v) is 14.1. The van der Waals surface area contributed by atoms with Crippen LogP contribution in [0.2, 0.25) is 5.02 Å². The maximum Gasteiger partial charge on any atom is 0.332 e. The zero-order valence-electron chi connectivity index (χ0n) is 13.3. The molecule has 0 fully saturated rings. The lowest BCUT2D eigenvalue weighted by molar-refractivity contribution is 0.708. The number of halogens is 1. The third-order valence-electron chi connectivity index (χ3n) is 4.23. The van der Waals surface area contributed by atoms with Crippen LogP contribution in [0.15, 0.2) is 40.1 Å². The molecule has 0 spiro atoms. The number of aromatic nitrogens is 5. The fourth-order valence-corrected chi connectivity index (χ4v) is 3.24. The van der Waals surface area contributed by atoms with Crippen LogP contribution in [0.3, 0.4) is 0 Å². The van der Waals surface area contributed by atoms with Crippen molar-refractivity contribution in [1.29, 1.82) is 0 Å². The van der Waals surface area contributed by atoms with Gasteiger partial charge in [-0.25, -0.2) is 4.79 Å². The van der Waals surface area contributed by atoms with Crippen molar-refractivity contribution in [2.24, 2.45) is 14.1 Å². The summed E-state index contributed by atoms with van der Waals surface area (Å²) in [5.74, 6) is 0.536. The summed E-state index contributed by atoms with van der Waals surface area (Å²) in [4.78, 5) is 29.2. The Morgan fingerprint density at radius 3 is 2.50 bits per heavy atom. The van der Waals surface area contributed by atoms with Crippen LogP contribution in [-0.4, -0.2) is 23.1 Å². The second kappa shape index (κ2) is 4.85. The van der Waals surface area contributed by atoms with E-state index in [1.807, 2.05) is 35.9 Å². The first kappa shape index (κ1) is 14.8. The van der Waals surface area contributed by atoms with Gasteiger partial charge in [0.1, 0.15) is 0 Å². The van der Waals surface area contributed by atoms with Gasteiger partial charge in [0, 0.05) is 26.0 Å². The summed E-state index contributed by atoms with van der Waals surface area (Å²) in [5, 5.41) is 0.576. The molecule has 4 rings (SSSR count). The number of nitrogens with zero attached hydrogens (tertiary/aromatic N) is 5. The monoisotopic (exact) mass is 343 g/mol. The van der Waals surface area contributed by atoms with E-state index in [4.69, 9.17) is 11.6 Å². The molecule has 8 heteroatoms. The highest BCUT2D eigenvalue weighted by Gasteiger charge is 2.20. The summed E-state index contributed by atoms with van der Waals surface area (Å²) in [6.45, 7) is 1.91. The van der Waals surface area contributed by atoms with E-state index in [-0.39, 0.29) is 5.56 Å². The van der Waals surface area contributed by atoms with Gasteiger partial charge in [0.15, 0.2) is 11.2 Å². The second-order valence-corrected chi connectivity index (χ2v) is 6.12. The molecule has 4 aromatic rings. The summed E-state index contributed by atoms with van der Waals surface area (Å²) in [7, 11) is 3.06. The summed E-state index contributed by atoms with van der Waals surface area (Å²) in [5.41, 5.74) is 1.57. The molecule has 0 radical (unpaired) electrons. The first-order chi connectivity index (χ1) is 11.4. The number of para-hydroxylation sites is 1. The van der Waals surface area contributed by atoms with Crippen LogP contribution in [0.4, 0.5) is 0 Å². The molecule has 0 bridgehead atoms. The van der Waals surface area contributed by atoms with Gasteiger partial charge in [0.2, 0.25) is 5.78 Å². The molecule has 0 aliphatic heterocycles. The Hall–Kier alpha value is -2.80. The van der Waals surface area contributed by atoms with E-state index >= 15 is 0 Å². The molecule has 0 aliphatic rings.